The summed E-state index contributed by atoms with van der Waals surface area (Å²) in [5.41, 5.74) is 0.0493. The molecule has 2 nitrogen and oxygen atoms in total. The van der Waals surface area contributed by atoms with Gasteiger partial charge in [0.05, 0.1) is 11.2 Å². The van der Waals surface area contributed by atoms with Crippen molar-refractivity contribution in [3.8, 4) is 0 Å². The lowest BCUT2D eigenvalue weighted by Gasteiger charge is -2.50. The highest BCUT2D eigenvalue weighted by atomic mass is 127. The molecule has 2 heterocycles. The van der Waals surface area contributed by atoms with E-state index in [0.717, 1.165) is 23.9 Å². The van der Waals surface area contributed by atoms with Crippen molar-refractivity contribution >= 4 is 41.3 Å². The van der Waals surface area contributed by atoms with E-state index in [9.17, 15) is 0 Å². The molecular weight excluding hydrogens is 487 g/mol. The third-order valence-corrected chi connectivity index (χ3v) is 13.7. The molecule has 1 saturated carbocycles. The Morgan fingerprint density at radius 1 is 0.931 bits per heavy atom. The lowest BCUT2D eigenvalue weighted by Crippen LogP contribution is -2.68. The van der Waals surface area contributed by atoms with Gasteiger partial charge in [0.1, 0.15) is 0 Å². The first-order valence-electron chi connectivity index (χ1n) is 10.6. The number of benzene rings is 2. The largest absolute Gasteiger partial charge is 0.407 e. The molecule has 2 aromatic rings. The number of halogens is 1. The molecule has 0 atom stereocenters. The highest BCUT2D eigenvalue weighted by molar-refractivity contribution is 14.1. The van der Waals surface area contributed by atoms with E-state index in [1.807, 2.05) is 0 Å². The Bertz CT molecular complexity index is 812. The second-order valence-corrected chi connectivity index (χ2v) is 15.6. The van der Waals surface area contributed by atoms with E-state index in [-0.39, 0.29) is 21.7 Å². The minimum absolute atomic E-state index is 0.0139. The zero-order valence-corrected chi connectivity index (χ0v) is 21.5. The summed E-state index contributed by atoms with van der Waals surface area (Å²) in [4.78, 5) is 0. The molecule has 2 saturated heterocycles. The molecule has 2 bridgehead atoms. The van der Waals surface area contributed by atoms with Crippen LogP contribution in [0.4, 0.5) is 0 Å². The topological polar surface area (TPSA) is 18.5 Å². The van der Waals surface area contributed by atoms with Gasteiger partial charge in [-0.1, -0.05) is 104 Å². The maximum Gasteiger partial charge on any atom is 0.261 e. The molecule has 0 spiro atoms. The summed E-state index contributed by atoms with van der Waals surface area (Å²) in [5.74, 6) is 0. The molecule has 0 N–H and O–H groups in total. The Labute approximate surface area is 190 Å². The van der Waals surface area contributed by atoms with Gasteiger partial charge >= 0.3 is 0 Å². The van der Waals surface area contributed by atoms with Crippen molar-refractivity contribution in [3.05, 3.63) is 60.7 Å². The van der Waals surface area contributed by atoms with Crippen molar-refractivity contribution in [2.75, 3.05) is 11.0 Å². The van der Waals surface area contributed by atoms with Gasteiger partial charge in [-0.2, -0.15) is 0 Å². The van der Waals surface area contributed by atoms with Crippen LogP contribution in [-0.4, -0.2) is 30.6 Å². The summed E-state index contributed by atoms with van der Waals surface area (Å²) in [6, 6.07) is 21.9. The first kappa shape index (κ1) is 21.5. The molecule has 2 aliphatic heterocycles. The fraction of sp³-hybridized carbons (Fsp3) is 0.520. The Morgan fingerprint density at radius 3 is 1.79 bits per heavy atom. The monoisotopic (exact) mass is 520 g/mol. The average molecular weight is 521 g/mol. The fourth-order valence-corrected chi connectivity index (χ4v) is 11.1. The predicted octanol–water partition coefficient (Wildman–Crippen LogP) is 5.33. The summed E-state index contributed by atoms with van der Waals surface area (Å²) >= 11 is 2.49. The third kappa shape index (κ3) is 3.25. The first-order chi connectivity index (χ1) is 13.6. The molecule has 29 heavy (non-hydrogen) atoms. The van der Waals surface area contributed by atoms with Gasteiger partial charge in [-0.15, -0.1) is 0 Å². The molecule has 3 aliphatic rings. The summed E-state index contributed by atoms with van der Waals surface area (Å²) in [5, 5.41) is 2.72. The Hall–Kier alpha value is -0.693. The van der Waals surface area contributed by atoms with Crippen LogP contribution in [0.5, 0.6) is 0 Å². The zero-order valence-electron chi connectivity index (χ0n) is 18.3. The van der Waals surface area contributed by atoms with E-state index in [1.165, 1.54) is 10.4 Å². The molecule has 0 unspecified atom stereocenters. The molecule has 3 fully saturated rings. The molecule has 4 heteroatoms. The quantitative estimate of drug-likeness (QED) is 0.292. The van der Waals surface area contributed by atoms with E-state index < -0.39 is 8.32 Å². The van der Waals surface area contributed by atoms with Crippen molar-refractivity contribution in [1.82, 2.24) is 0 Å². The molecule has 0 aromatic heterocycles. The van der Waals surface area contributed by atoms with Crippen LogP contribution < -0.4 is 10.4 Å². The SMILES string of the molecule is CC1(C)OC2(CI)CC1(CO[Si](c1ccccc1)(c1ccccc1)C(C)(C)C)C2. The van der Waals surface area contributed by atoms with Crippen LogP contribution in [0, 0.1) is 5.41 Å². The van der Waals surface area contributed by atoms with Crippen molar-refractivity contribution in [2.45, 2.75) is 63.7 Å². The van der Waals surface area contributed by atoms with Gasteiger partial charge in [-0.3, -0.25) is 0 Å². The van der Waals surface area contributed by atoms with Gasteiger partial charge in [0.2, 0.25) is 0 Å². The number of alkyl halides is 1. The minimum Gasteiger partial charge on any atom is -0.407 e. The number of ether oxygens (including phenoxy) is 1. The van der Waals surface area contributed by atoms with E-state index >= 15 is 0 Å². The van der Waals surface area contributed by atoms with Gasteiger partial charge in [-0.05, 0) is 42.1 Å². The number of fused-ring (bicyclic) bond motifs is 1. The van der Waals surface area contributed by atoms with E-state index in [2.05, 4.69) is 118 Å². The second kappa shape index (κ2) is 7.18. The van der Waals surface area contributed by atoms with Crippen LogP contribution in [0.1, 0.15) is 47.5 Å². The van der Waals surface area contributed by atoms with Crippen LogP contribution in [0.3, 0.4) is 0 Å². The predicted molar refractivity (Wildman–Crippen MR) is 132 cm³/mol. The summed E-state index contributed by atoms with van der Waals surface area (Å²) in [6.07, 6.45) is 2.24. The van der Waals surface area contributed by atoms with Crippen LogP contribution in [0.2, 0.25) is 5.04 Å². The van der Waals surface area contributed by atoms with Crippen LogP contribution in [0.25, 0.3) is 0 Å². The maximum atomic E-state index is 7.27. The van der Waals surface area contributed by atoms with Crippen molar-refractivity contribution in [1.29, 1.82) is 0 Å². The molecule has 0 amide bonds. The summed E-state index contributed by atoms with van der Waals surface area (Å²) in [6.45, 7) is 12.4. The Balaban J connectivity index is 1.76. The Kier molecular flexibility index (Phi) is 5.33. The lowest BCUT2D eigenvalue weighted by atomic mass is 9.58. The standard InChI is InChI=1S/C25H33IO2Si/c1-22(2,3)29(20-12-8-6-9-13-20,21-14-10-7-11-15-21)27-19-24-16-25(17-24,18-26)28-23(24,4)5/h6-15H,16-19H2,1-5H3. The molecule has 5 rings (SSSR count). The number of hydrogen-bond acceptors (Lipinski definition) is 2. The molecule has 156 valence electrons. The number of hydrogen-bond donors (Lipinski definition) is 0. The smallest absolute Gasteiger partial charge is 0.261 e. The normalized spacial score (nSPS) is 28.2. The zero-order chi connectivity index (χ0) is 21.0. The van der Waals surface area contributed by atoms with Gasteiger partial charge in [0.15, 0.2) is 0 Å². The maximum absolute atomic E-state index is 7.27. The van der Waals surface area contributed by atoms with Gasteiger partial charge in [0, 0.05) is 16.4 Å². The average Bonchev–Trinajstić information content (AvgIpc) is 3.02. The number of rotatable bonds is 6. The van der Waals surface area contributed by atoms with E-state index in [1.54, 1.807) is 0 Å². The van der Waals surface area contributed by atoms with Crippen LogP contribution in [0.15, 0.2) is 60.7 Å². The van der Waals surface area contributed by atoms with E-state index in [0.29, 0.717) is 0 Å². The summed E-state index contributed by atoms with van der Waals surface area (Å²) < 4.78 is 14.9. The van der Waals surface area contributed by atoms with Crippen molar-refractivity contribution in [3.63, 3.8) is 0 Å². The van der Waals surface area contributed by atoms with Crippen LogP contribution >= 0.6 is 22.6 Å². The first-order valence-corrected chi connectivity index (χ1v) is 14.0. The Morgan fingerprint density at radius 2 is 1.41 bits per heavy atom. The van der Waals surface area contributed by atoms with Gasteiger partial charge in [0.25, 0.3) is 8.32 Å². The highest BCUT2D eigenvalue weighted by Gasteiger charge is 2.71. The lowest BCUT2D eigenvalue weighted by molar-refractivity contribution is -0.0380. The van der Waals surface area contributed by atoms with Crippen molar-refractivity contribution in [2.24, 2.45) is 5.41 Å². The fourth-order valence-electron chi connectivity index (χ4n) is 5.73. The van der Waals surface area contributed by atoms with Gasteiger partial charge < -0.3 is 9.16 Å². The van der Waals surface area contributed by atoms with Crippen molar-refractivity contribution < 1.29 is 9.16 Å². The van der Waals surface area contributed by atoms with Crippen LogP contribution in [-0.2, 0) is 9.16 Å². The molecule has 1 aliphatic carbocycles. The van der Waals surface area contributed by atoms with Gasteiger partial charge in [-0.25, -0.2) is 0 Å². The molecule has 0 radical (unpaired) electrons. The third-order valence-electron chi connectivity index (χ3n) is 7.30. The van der Waals surface area contributed by atoms with E-state index in [4.69, 9.17) is 9.16 Å². The summed E-state index contributed by atoms with van der Waals surface area (Å²) in [7, 11) is -2.49. The highest BCUT2D eigenvalue weighted by Crippen LogP contribution is 2.67. The molecule has 2 aromatic carbocycles. The minimum atomic E-state index is -2.49. The second-order valence-electron chi connectivity index (χ2n) is 10.5. The molecular formula is C25H33IO2Si.